The van der Waals surface area contributed by atoms with Gasteiger partial charge in [-0.2, -0.15) is 0 Å². The average molecular weight is 253 g/mol. The fraction of sp³-hybridized carbons (Fsp3) is 0.364. The molecule has 0 spiro atoms. The van der Waals surface area contributed by atoms with Crippen LogP contribution in [0, 0.1) is 10.1 Å². The van der Waals surface area contributed by atoms with E-state index >= 15 is 0 Å². The minimum Gasteiger partial charge on any atom is -0.410 e. The van der Waals surface area contributed by atoms with Crippen molar-refractivity contribution >= 4 is 17.5 Å². The molecule has 0 aromatic heterocycles. The lowest BCUT2D eigenvalue weighted by molar-refractivity contribution is -0.383. The number of nitrogens with one attached hydrogen (secondary N) is 1. The van der Waals surface area contributed by atoms with Crippen LogP contribution in [0.4, 0.5) is 16.2 Å². The molecule has 3 N–H and O–H groups in total. The summed E-state index contributed by atoms with van der Waals surface area (Å²) in [6.45, 7) is 5.37. The number of anilines is 1. The van der Waals surface area contributed by atoms with Crippen molar-refractivity contribution in [3.63, 3.8) is 0 Å². The monoisotopic (exact) mass is 253 g/mol. The van der Waals surface area contributed by atoms with E-state index in [1.54, 1.807) is 20.8 Å². The number of nitrogens with two attached hydrogens (primary N) is 1. The van der Waals surface area contributed by atoms with Crippen molar-refractivity contribution in [2.75, 3.05) is 5.73 Å². The molecule has 0 saturated carbocycles. The van der Waals surface area contributed by atoms with Crippen LogP contribution in [-0.4, -0.2) is 16.6 Å². The first kappa shape index (κ1) is 13.8. The molecule has 1 aromatic carbocycles. The van der Waals surface area contributed by atoms with Crippen LogP contribution in [0.5, 0.6) is 5.75 Å². The van der Waals surface area contributed by atoms with Gasteiger partial charge in [0.2, 0.25) is 0 Å². The summed E-state index contributed by atoms with van der Waals surface area (Å²) in [5.74, 6) is 0.0673. The zero-order chi connectivity index (χ0) is 13.9. The average Bonchev–Trinajstić information content (AvgIpc) is 2.17. The summed E-state index contributed by atoms with van der Waals surface area (Å²) in [6.07, 6.45) is -0.679. The number of nitro benzene ring substituents is 1. The van der Waals surface area contributed by atoms with Crippen molar-refractivity contribution in [2.24, 2.45) is 0 Å². The Morgan fingerprint density at radius 1 is 1.44 bits per heavy atom. The van der Waals surface area contributed by atoms with Crippen LogP contribution in [0.15, 0.2) is 18.2 Å². The van der Waals surface area contributed by atoms with Gasteiger partial charge in [0.1, 0.15) is 11.4 Å². The second-order valence-electron chi connectivity index (χ2n) is 4.74. The van der Waals surface area contributed by atoms with Crippen molar-refractivity contribution in [1.29, 1.82) is 0 Å². The van der Waals surface area contributed by atoms with Gasteiger partial charge in [0.05, 0.1) is 11.0 Å². The molecule has 1 rings (SSSR count). The third-order valence-corrected chi connectivity index (χ3v) is 1.89. The molecule has 1 amide bonds. The molecule has 0 aliphatic heterocycles. The van der Waals surface area contributed by atoms with Crippen molar-refractivity contribution < 1.29 is 14.5 Å². The van der Waals surface area contributed by atoms with Crippen molar-refractivity contribution in [2.45, 2.75) is 26.3 Å². The van der Waals surface area contributed by atoms with Crippen LogP contribution in [0.3, 0.4) is 0 Å². The summed E-state index contributed by atoms with van der Waals surface area (Å²) in [5.41, 5.74) is 4.70. The number of carbonyl (C=O) groups is 1. The van der Waals surface area contributed by atoms with E-state index < -0.39 is 16.6 Å². The predicted molar refractivity (Wildman–Crippen MR) is 66.4 cm³/mol. The number of amides is 1. The Balaban J connectivity index is 2.83. The van der Waals surface area contributed by atoms with Crippen molar-refractivity contribution in [1.82, 2.24) is 5.32 Å². The molecule has 18 heavy (non-hydrogen) atoms. The van der Waals surface area contributed by atoms with Crippen LogP contribution in [0.2, 0.25) is 0 Å². The zero-order valence-corrected chi connectivity index (χ0v) is 10.4. The highest BCUT2D eigenvalue weighted by atomic mass is 16.6. The Kier molecular flexibility index (Phi) is 3.75. The van der Waals surface area contributed by atoms with Gasteiger partial charge in [0.25, 0.3) is 5.69 Å². The molecule has 0 atom stereocenters. The summed E-state index contributed by atoms with van der Waals surface area (Å²) < 4.78 is 4.93. The highest BCUT2D eigenvalue weighted by molar-refractivity contribution is 5.72. The molecule has 0 unspecified atom stereocenters. The van der Waals surface area contributed by atoms with E-state index in [0.717, 1.165) is 6.07 Å². The third kappa shape index (κ3) is 3.93. The lowest BCUT2D eigenvalue weighted by atomic mass is 10.1. The van der Waals surface area contributed by atoms with Gasteiger partial charge in [-0.25, -0.2) is 4.79 Å². The van der Waals surface area contributed by atoms with Crippen molar-refractivity contribution in [3.8, 4) is 5.75 Å². The Labute approximate surface area is 104 Å². The number of nitro groups is 1. The van der Waals surface area contributed by atoms with Crippen LogP contribution in [0.1, 0.15) is 20.8 Å². The van der Waals surface area contributed by atoms with Crippen LogP contribution in [0.25, 0.3) is 0 Å². The van der Waals surface area contributed by atoms with Gasteiger partial charge < -0.3 is 15.8 Å². The molecule has 0 aliphatic carbocycles. The molecule has 0 bridgehead atoms. The molecule has 0 aliphatic rings. The second kappa shape index (κ2) is 4.91. The summed E-state index contributed by atoms with van der Waals surface area (Å²) in [5, 5.41) is 13.2. The maximum absolute atomic E-state index is 11.5. The highest BCUT2D eigenvalue weighted by Crippen LogP contribution is 2.26. The summed E-state index contributed by atoms with van der Waals surface area (Å²) in [7, 11) is 0. The maximum atomic E-state index is 11.5. The highest BCUT2D eigenvalue weighted by Gasteiger charge is 2.17. The van der Waals surface area contributed by atoms with E-state index in [2.05, 4.69) is 5.32 Å². The minimum atomic E-state index is -0.679. The van der Waals surface area contributed by atoms with E-state index in [-0.39, 0.29) is 17.1 Å². The van der Waals surface area contributed by atoms with Crippen molar-refractivity contribution in [3.05, 3.63) is 28.3 Å². The molecule has 0 fully saturated rings. The van der Waals surface area contributed by atoms with Gasteiger partial charge in [-0.1, -0.05) is 0 Å². The van der Waals surface area contributed by atoms with Crippen LogP contribution < -0.4 is 15.8 Å². The zero-order valence-electron chi connectivity index (χ0n) is 10.4. The van der Waals surface area contributed by atoms with Crippen LogP contribution >= 0.6 is 0 Å². The van der Waals surface area contributed by atoms with E-state index in [1.807, 2.05) is 0 Å². The van der Waals surface area contributed by atoms with Crippen LogP contribution in [-0.2, 0) is 0 Å². The first-order valence-corrected chi connectivity index (χ1v) is 5.23. The van der Waals surface area contributed by atoms with Gasteiger partial charge in [-0.05, 0) is 32.9 Å². The molecule has 98 valence electrons. The smallest absolute Gasteiger partial charge is 0.410 e. The molecule has 7 heteroatoms. The largest absolute Gasteiger partial charge is 0.413 e. The quantitative estimate of drug-likeness (QED) is 0.476. The number of hydrogen-bond donors (Lipinski definition) is 2. The number of ether oxygens (including phenoxy) is 1. The van der Waals surface area contributed by atoms with Gasteiger partial charge in [-0.3, -0.25) is 10.1 Å². The van der Waals surface area contributed by atoms with Gasteiger partial charge >= 0.3 is 6.09 Å². The van der Waals surface area contributed by atoms with E-state index in [9.17, 15) is 14.9 Å². The SMILES string of the molecule is CC(C)(C)NC(=O)Oc1ccc(N)c([N+](=O)[O-])c1. The Bertz CT molecular complexity index is 480. The maximum Gasteiger partial charge on any atom is 0.413 e. The number of nitrogen functional groups attached to an aromatic ring is 1. The summed E-state index contributed by atoms with van der Waals surface area (Å²) in [6, 6.07) is 3.82. The van der Waals surface area contributed by atoms with Gasteiger partial charge in [0.15, 0.2) is 0 Å². The number of hydrogen-bond acceptors (Lipinski definition) is 5. The fourth-order valence-electron chi connectivity index (χ4n) is 1.18. The standard InChI is InChI=1S/C11H15N3O4/c1-11(2,3)13-10(15)18-7-4-5-8(12)9(6-7)14(16)17/h4-6H,12H2,1-3H3,(H,13,15). The number of rotatable bonds is 2. The van der Waals surface area contributed by atoms with Gasteiger partial charge in [0, 0.05) is 5.54 Å². The number of benzene rings is 1. The van der Waals surface area contributed by atoms with E-state index in [1.165, 1.54) is 12.1 Å². The minimum absolute atomic E-state index is 0.0172. The molecule has 0 saturated heterocycles. The third-order valence-electron chi connectivity index (χ3n) is 1.89. The summed E-state index contributed by atoms with van der Waals surface area (Å²) in [4.78, 5) is 21.5. The van der Waals surface area contributed by atoms with Gasteiger partial charge in [-0.15, -0.1) is 0 Å². The lowest BCUT2D eigenvalue weighted by Gasteiger charge is -2.19. The first-order chi connectivity index (χ1) is 8.19. The molecule has 0 heterocycles. The Hall–Kier alpha value is -2.31. The summed E-state index contributed by atoms with van der Waals surface area (Å²) >= 11 is 0. The topological polar surface area (TPSA) is 107 Å². The Morgan fingerprint density at radius 3 is 2.56 bits per heavy atom. The predicted octanol–water partition coefficient (Wildman–Crippen LogP) is 2.06. The normalized spacial score (nSPS) is 10.8. The Morgan fingerprint density at radius 2 is 2.06 bits per heavy atom. The first-order valence-electron chi connectivity index (χ1n) is 5.23. The lowest BCUT2D eigenvalue weighted by Crippen LogP contribution is -2.42. The molecular formula is C11H15N3O4. The second-order valence-corrected chi connectivity index (χ2v) is 4.74. The number of carbonyl (C=O) groups excluding carboxylic acids is 1. The molecule has 1 aromatic rings. The fourth-order valence-corrected chi connectivity index (χ4v) is 1.18. The molecular weight excluding hydrogens is 238 g/mol. The number of nitrogens with zero attached hydrogens (tertiary/aromatic N) is 1. The molecule has 0 radical (unpaired) electrons. The van der Waals surface area contributed by atoms with E-state index in [0.29, 0.717) is 0 Å². The molecule has 7 nitrogen and oxygen atoms in total. The van der Waals surface area contributed by atoms with E-state index in [4.69, 9.17) is 10.5 Å².